The van der Waals surface area contributed by atoms with Crippen molar-refractivity contribution in [3.8, 4) is 0 Å². The molecule has 0 bridgehead atoms. The standard InChI is InChI=1S/C14H24N2/c1-4-6-9-14(3,10-7-5-2)13-15-11-8-12-16-13/h8,11-12H,4-7,9-10H2,1-3H3. The van der Waals surface area contributed by atoms with E-state index in [2.05, 4.69) is 30.7 Å². The monoisotopic (exact) mass is 220 g/mol. The van der Waals surface area contributed by atoms with Crippen LogP contribution in [0.4, 0.5) is 0 Å². The lowest BCUT2D eigenvalue weighted by atomic mass is 9.79. The topological polar surface area (TPSA) is 25.8 Å². The lowest BCUT2D eigenvalue weighted by Crippen LogP contribution is -2.24. The van der Waals surface area contributed by atoms with Gasteiger partial charge in [0.15, 0.2) is 0 Å². The molecule has 0 aliphatic heterocycles. The van der Waals surface area contributed by atoms with E-state index in [4.69, 9.17) is 0 Å². The summed E-state index contributed by atoms with van der Waals surface area (Å²) in [6.45, 7) is 6.80. The van der Waals surface area contributed by atoms with E-state index in [-0.39, 0.29) is 5.41 Å². The van der Waals surface area contributed by atoms with Crippen molar-refractivity contribution in [1.82, 2.24) is 9.97 Å². The smallest absolute Gasteiger partial charge is 0.134 e. The Balaban J connectivity index is 2.77. The Hall–Kier alpha value is -0.920. The van der Waals surface area contributed by atoms with Gasteiger partial charge >= 0.3 is 0 Å². The van der Waals surface area contributed by atoms with Gasteiger partial charge in [-0.3, -0.25) is 0 Å². The molecule has 1 heterocycles. The Labute approximate surface area is 99.5 Å². The fourth-order valence-corrected chi connectivity index (χ4v) is 2.09. The summed E-state index contributed by atoms with van der Waals surface area (Å²) < 4.78 is 0. The summed E-state index contributed by atoms with van der Waals surface area (Å²) in [4.78, 5) is 8.89. The largest absolute Gasteiger partial charge is 0.241 e. The first-order valence-electron chi connectivity index (χ1n) is 6.50. The molecule has 0 saturated heterocycles. The molecule has 16 heavy (non-hydrogen) atoms. The van der Waals surface area contributed by atoms with Crippen LogP contribution >= 0.6 is 0 Å². The van der Waals surface area contributed by atoms with Crippen molar-refractivity contribution in [2.45, 2.75) is 64.7 Å². The van der Waals surface area contributed by atoms with Gasteiger partial charge in [-0.2, -0.15) is 0 Å². The lowest BCUT2D eigenvalue weighted by molar-refractivity contribution is 0.354. The van der Waals surface area contributed by atoms with Crippen LogP contribution in [0.1, 0.15) is 65.1 Å². The number of aromatic nitrogens is 2. The molecule has 0 saturated carbocycles. The molecule has 0 amide bonds. The molecule has 0 fully saturated rings. The fraction of sp³-hybridized carbons (Fsp3) is 0.714. The molecule has 0 aromatic carbocycles. The van der Waals surface area contributed by atoms with Crippen LogP contribution in [-0.4, -0.2) is 9.97 Å². The van der Waals surface area contributed by atoms with Gasteiger partial charge in [-0.15, -0.1) is 0 Å². The van der Waals surface area contributed by atoms with E-state index in [0.29, 0.717) is 0 Å². The zero-order valence-corrected chi connectivity index (χ0v) is 10.9. The molecule has 1 rings (SSSR count). The Kier molecular flexibility index (Phi) is 5.44. The van der Waals surface area contributed by atoms with Crippen LogP contribution in [0.25, 0.3) is 0 Å². The van der Waals surface area contributed by atoms with Crippen LogP contribution in [0.5, 0.6) is 0 Å². The zero-order valence-electron chi connectivity index (χ0n) is 10.9. The van der Waals surface area contributed by atoms with E-state index >= 15 is 0 Å². The second-order valence-corrected chi connectivity index (χ2v) is 4.84. The van der Waals surface area contributed by atoms with Crippen molar-refractivity contribution in [2.24, 2.45) is 0 Å². The third kappa shape index (κ3) is 3.58. The number of nitrogens with zero attached hydrogens (tertiary/aromatic N) is 2. The van der Waals surface area contributed by atoms with Crippen LogP contribution < -0.4 is 0 Å². The average molecular weight is 220 g/mol. The summed E-state index contributed by atoms with van der Waals surface area (Å²) in [6.07, 6.45) is 11.1. The van der Waals surface area contributed by atoms with Crippen LogP contribution in [-0.2, 0) is 5.41 Å². The molecule has 0 aliphatic rings. The number of hydrogen-bond acceptors (Lipinski definition) is 2. The molecule has 1 aromatic heterocycles. The molecule has 2 nitrogen and oxygen atoms in total. The minimum Gasteiger partial charge on any atom is -0.241 e. The van der Waals surface area contributed by atoms with Gasteiger partial charge in [-0.1, -0.05) is 46.5 Å². The molecule has 0 aliphatic carbocycles. The first-order valence-corrected chi connectivity index (χ1v) is 6.50. The number of rotatable bonds is 7. The number of hydrogen-bond donors (Lipinski definition) is 0. The van der Waals surface area contributed by atoms with Gasteiger partial charge in [0.2, 0.25) is 0 Å². The Bertz CT molecular complexity index is 274. The van der Waals surface area contributed by atoms with E-state index in [1.807, 2.05) is 18.5 Å². The van der Waals surface area contributed by atoms with Crippen molar-refractivity contribution in [3.05, 3.63) is 24.3 Å². The van der Waals surface area contributed by atoms with Gasteiger partial charge in [0.25, 0.3) is 0 Å². The quantitative estimate of drug-likeness (QED) is 0.691. The lowest BCUT2D eigenvalue weighted by Gasteiger charge is -2.27. The maximum absolute atomic E-state index is 4.45. The summed E-state index contributed by atoms with van der Waals surface area (Å²) in [6, 6.07) is 1.89. The molecule has 1 aromatic rings. The normalized spacial score (nSPS) is 11.7. The number of unbranched alkanes of at least 4 members (excludes halogenated alkanes) is 2. The predicted molar refractivity (Wildman–Crippen MR) is 68.4 cm³/mol. The predicted octanol–water partition coefficient (Wildman–Crippen LogP) is 4.11. The van der Waals surface area contributed by atoms with E-state index in [9.17, 15) is 0 Å². The highest BCUT2D eigenvalue weighted by molar-refractivity contribution is 5.05. The molecule has 0 N–H and O–H groups in total. The average Bonchev–Trinajstić information content (AvgIpc) is 2.35. The Morgan fingerprint density at radius 1 is 1.00 bits per heavy atom. The molecular formula is C14H24N2. The minimum absolute atomic E-state index is 0.174. The fourth-order valence-electron chi connectivity index (χ4n) is 2.09. The van der Waals surface area contributed by atoms with E-state index in [1.165, 1.54) is 38.5 Å². The van der Waals surface area contributed by atoms with E-state index in [1.54, 1.807) is 0 Å². The molecule has 0 spiro atoms. The van der Waals surface area contributed by atoms with Crippen molar-refractivity contribution in [2.75, 3.05) is 0 Å². The third-order valence-electron chi connectivity index (χ3n) is 3.27. The highest BCUT2D eigenvalue weighted by Crippen LogP contribution is 2.32. The SMILES string of the molecule is CCCCC(C)(CCCC)c1ncccn1. The second kappa shape index (κ2) is 6.62. The van der Waals surface area contributed by atoms with Crippen LogP contribution in [0.2, 0.25) is 0 Å². The molecule has 2 heteroatoms. The molecular weight excluding hydrogens is 196 g/mol. The summed E-state index contributed by atoms with van der Waals surface area (Å²) >= 11 is 0. The molecule has 0 unspecified atom stereocenters. The van der Waals surface area contributed by atoms with Gasteiger partial charge < -0.3 is 0 Å². The minimum atomic E-state index is 0.174. The second-order valence-electron chi connectivity index (χ2n) is 4.84. The Morgan fingerprint density at radius 2 is 1.50 bits per heavy atom. The van der Waals surface area contributed by atoms with E-state index in [0.717, 1.165) is 5.82 Å². The summed E-state index contributed by atoms with van der Waals surface area (Å²) in [5.41, 5.74) is 0.174. The van der Waals surface area contributed by atoms with Crippen LogP contribution in [0, 0.1) is 0 Å². The van der Waals surface area contributed by atoms with Crippen molar-refractivity contribution >= 4 is 0 Å². The Morgan fingerprint density at radius 3 is 1.94 bits per heavy atom. The van der Waals surface area contributed by atoms with Gasteiger partial charge in [0, 0.05) is 17.8 Å². The van der Waals surface area contributed by atoms with Crippen molar-refractivity contribution in [3.63, 3.8) is 0 Å². The van der Waals surface area contributed by atoms with E-state index < -0.39 is 0 Å². The van der Waals surface area contributed by atoms with Gasteiger partial charge in [0.05, 0.1) is 0 Å². The molecule has 0 radical (unpaired) electrons. The first kappa shape index (κ1) is 13.1. The van der Waals surface area contributed by atoms with Gasteiger partial charge in [-0.05, 0) is 18.9 Å². The summed E-state index contributed by atoms with van der Waals surface area (Å²) in [7, 11) is 0. The molecule has 0 atom stereocenters. The first-order chi connectivity index (χ1) is 7.73. The molecule has 90 valence electrons. The summed E-state index contributed by atoms with van der Waals surface area (Å²) in [5, 5.41) is 0. The summed E-state index contributed by atoms with van der Waals surface area (Å²) in [5.74, 6) is 1.02. The van der Waals surface area contributed by atoms with Gasteiger partial charge in [-0.25, -0.2) is 9.97 Å². The van der Waals surface area contributed by atoms with Crippen molar-refractivity contribution < 1.29 is 0 Å². The maximum Gasteiger partial charge on any atom is 0.134 e. The van der Waals surface area contributed by atoms with Crippen LogP contribution in [0.3, 0.4) is 0 Å². The maximum atomic E-state index is 4.45. The highest BCUT2D eigenvalue weighted by Gasteiger charge is 2.27. The van der Waals surface area contributed by atoms with Crippen molar-refractivity contribution in [1.29, 1.82) is 0 Å². The third-order valence-corrected chi connectivity index (χ3v) is 3.27. The van der Waals surface area contributed by atoms with Gasteiger partial charge in [0.1, 0.15) is 5.82 Å². The van der Waals surface area contributed by atoms with Crippen LogP contribution in [0.15, 0.2) is 18.5 Å². The zero-order chi connectivity index (χ0) is 11.9. The highest BCUT2D eigenvalue weighted by atomic mass is 14.9.